The van der Waals surface area contributed by atoms with Crippen LogP contribution >= 0.6 is 0 Å². The maximum atomic E-state index is 11.1. The van der Waals surface area contributed by atoms with E-state index in [1.807, 2.05) is 24.3 Å². The molecule has 0 bridgehead atoms. The highest BCUT2D eigenvalue weighted by Gasteiger charge is 2.11. The predicted octanol–water partition coefficient (Wildman–Crippen LogP) is 2.79. The Morgan fingerprint density at radius 1 is 1.22 bits per heavy atom. The molecule has 2 aromatic rings. The summed E-state index contributed by atoms with van der Waals surface area (Å²) in [6.07, 6.45) is 0.946. The normalized spacial score (nSPS) is 12.3. The Hall–Kier alpha value is -1.87. The average molecular weight is 243 g/mol. The highest BCUT2D eigenvalue weighted by atomic mass is 16.5. The SMILES string of the molecule is COC(=O)CC[C@@H](N)c1cccc2ccccc12. The van der Waals surface area contributed by atoms with Crippen LogP contribution in [-0.4, -0.2) is 13.1 Å². The van der Waals surface area contributed by atoms with Crippen molar-refractivity contribution < 1.29 is 9.53 Å². The van der Waals surface area contributed by atoms with Crippen molar-refractivity contribution >= 4 is 16.7 Å². The summed E-state index contributed by atoms with van der Waals surface area (Å²) < 4.78 is 4.63. The number of rotatable bonds is 4. The number of carbonyl (C=O) groups excluding carboxylic acids is 1. The smallest absolute Gasteiger partial charge is 0.305 e. The Morgan fingerprint density at radius 3 is 2.72 bits per heavy atom. The summed E-state index contributed by atoms with van der Waals surface area (Å²) in [6, 6.07) is 14.1. The first-order valence-electron chi connectivity index (χ1n) is 6.02. The largest absolute Gasteiger partial charge is 0.469 e. The number of esters is 1. The summed E-state index contributed by atoms with van der Waals surface area (Å²) in [5.74, 6) is -0.217. The molecule has 2 rings (SSSR count). The molecule has 0 heterocycles. The summed E-state index contributed by atoms with van der Waals surface area (Å²) in [4.78, 5) is 11.1. The summed E-state index contributed by atoms with van der Waals surface area (Å²) in [5, 5.41) is 2.32. The van der Waals surface area contributed by atoms with Crippen LogP contribution in [0.1, 0.15) is 24.4 Å². The number of nitrogens with two attached hydrogens (primary N) is 1. The van der Waals surface area contributed by atoms with Crippen LogP contribution in [-0.2, 0) is 9.53 Å². The van der Waals surface area contributed by atoms with Crippen LogP contribution in [0.5, 0.6) is 0 Å². The van der Waals surface area contributed by atoms with E-state index >= 15 is 0 Å². The van der Waals surface area contributed by atoms with Crippen LogP contribution in [0.25, 0.3) is 10.8 Å². The minimum Gasteiger partial charge on any atom is -0.469 e. The highest BCUT2D eigenvalue weighted by Crippen LogP contribution is 2.25. The molecule has 3 nitrogen and oxygen atoms in total. The lowest BCUT2D eigenvalue weighted by Crippen LogP contribution is -2.13. The fourth-order valence-electron chi connectivity index (χ4n) is 2.10. The lowest BCUT2D eigenvalue weighted by atomic mass is 9.96. The third kappa shape index (κ3) is 2.68. The van der Waals surface area contributed by atoms with E-state index in [0.29, 0.717) is 12.8 Å². The van der Waals surface area contributed by atoms with E-state index in [4.69, 9.17) is 5.73 Å². The van der Waals surface area contributed by atoms with E-state index in [1.54, 1.807) is 0 Å². The number of hydrogen-bond acceptors (Lipinski definition) is 3. The van der Waals surface area contributed by atoms with Gasteiger partial charge in [-0.3, -0.25) is 4.79 Å². The standard InChI is InChI=1S/C15H17NO2/c1-18-15(17)10-9-14(16)13-8-4-6-11-5-2-3-7-12(11)13/h2-8,14H,9-10,16H2,1H3/t14-/m1/s1. The molecule has 0 saturated carbocycles. The fourth-order valence-corrected chi connectivity index (χ4v) is 2.10. The number of ether oxygens (including phenoxy) is 1. The van der Waals surface area contributed by atoms with Gasteiger partial charge in [-0.25, -0.2) is 0 Å². The topological polar surface area (TPSA) is 52.3 Å². The van der Waals surface area contributed by atoms with Crippen molar-refractivity contribution in [2.75, 3.05) is 7.11 Å². The molecule has 2 aromatic carbocycles. The second-order valence-electron chi connectivity index (χ2n) is 4.29. The zero-order valence-electron chi connectivity index (χ0n) is 10.4. The Balaban J connectivity index is 2.22. The van der Waals surface area contributed by atoms with Gasteiger partial charge in [-0.05, 0) is 22.8 Å². The van der Waals surface area contributed by atoms with E-state index in [-0.39, 0.29) is 12.0 Å². The van der Waals surface area contributed by atoms with Gasteiger partial charge in [0.15, 0.2) is 0 Å². The molecule has 0 unspecified atom stereocenters. The number of hydrogen-bond donors (Lipinski definition) is 1. The second kappa shape index (κ2) is 5.65. The molecule has 1 atom stereocenters. The summed E-state index contributed by atoms with van der Waals surface area (Å²) in [6.45, 7) is 0. The maximum absolute atomic E-state index is 11.1. The molecule has 3 heteroatoms. The molecular formula is C15H17NO2. The van der Waals surface area contributed by atoms with Gasteiger partial charge >= 0.3 is 5.97 Å². The van der Waals surface area contributed by atoms with E-state index in [9.17, 15) is 4.79 Å². The molecule has 0 fully saturated rings. The molecule has 0 aromatic heterocycles. The molecule has 0 aliphatic carbocycles. The minimum atomic E-state index is -0.217. The zero-order valence-corrected chi connectivity index (χ0v) is 10.4. The number of carbonyl (C=O) groups is 1. The highest BCUT2D eigenvalue weighted by molar-refractivity contribution is 5.86. The molecular weight excluding hydrogens is 226 g/mol. The van der Waals surface area contributed by atoms with Gasteiger partial charge < -0.3 is 10.5 Å². The van der Waals surface area contributed by atoms with Crippen molar-refractivity contribution in [3.05, 3.63) is 48.0 Å². The van der Waals surface area contributed by atoms with Gasteiger partial charge in [0.2, 0.25) is 0 Å². The Morgan fingerprint density at radius 2 is 1.94 bits per heavy atom. The molecule has 0 aliphatic rings. The Bertz CT molecular complexity index is 546. The van der Waals surface area contributed by atoms with Gasteiger partial charge in [-0.1, -0.05) is 42.5 Å². The van der Waals surface area contributed by atoms with Crippen LogP contribution < -0.4 is 5.73 Å². The van der Waals surface area contributed by atoms with E-state index in [2.05, 4.69) is 22.9 Å². The minimum absolute atomic E-state index is 0.143. The average Bonchev–Trinajstić information content (AvgIpc) is 2.43. The van der Waals surface area contributed by atoms with Crippen molar-refractivity contribution in [2.45, 2.75) is 18.9 Å². The monoisotopic (exact) mass is 243 g/mol. The molecule has 0 saturated heterocycles. The van der Waals surface area contributed by atoms with Crippen LogP contribution in [0.15, 0.2) is 42.5 Å². The Kier molecular flexibility index (Phi) is 3.95. The lowest BCUT2D eigenvalue weighted by Gasteiger charge is -2.14. The van der Waals surface area contributed by atoms with Gasteiger partial charge in [0.1, 0.15) is 0 Å². The molecule has 94 valence electrons. The number of methoxy groups -OCH3 is 1. The van der Waals surface area contributed by atoms with Gasteiger partial charge in [0.25, 0.3) is 0 Å². The summed E-state index contributed by atoms with van der Waals surface area (Å²) >= 11 is 0. The summed E-state index contributed by atoms with van der Waals surface area (Å²) in [7, 11) is 1.39. The van der Waals surface area contributed by atoms with Gasteiger partial charge in [-0.2, -0.15) is 0 Å². The van der Waals surface area contributed by atoms with Crippen LogP contribution in [0, 0.1) is 0 Å². The molecule has 0 amide bonds. The van der Waals surface area contributed by atoms with Crippen LogP contribution in [0.2, 0.25) is 0 Å². The van der Waals surface area contributed by atoms with E-state index < -0.39 is 0 Å². The van der Waals surface area contributed by atoms with Gasteiger partial charge in [0, 0.05) is 12.5 Å². The van der Waals surface area contributed by atoms with Crippen LogP contribution in [0.3, 0.4) is 0 Å². The van der Waals surface area contributed by atoms with Crippen LogP contribution in [0.4, 0.5) is 0 Å². The number of fused-ring (bicyclic) bond motifs is 1. The first kappa shape index (κ1) is 12.6. The summed E-state index contributed by atoms with van der Waals surface area (Å²) in [5.41, 5.74) is 7.24. The van der Waals surface area contributed by atoms with Crippen molar-refractivity contribution in [1.29, 1.82) is 0 Å². The zero-order chi connectivity index (χ0) is 13.0. The second-order valence-corrected chi connectivity index (χ2v) is 4.29. The molecule has 18 heavy (non-hydrogen) atoms. The first-order valence-corrected chi connectivity index (χ1v) is 6.02. The lowest BCUT2D eigenvalue weighted by molar-refractivity contribution is -0.140. The van der Waals surface area contributed by atoms with Gasteiger partial charge in [-0.15, -0.1) is 0 Å². The quantitative estimate of drug-likeness (QED) is 0.840. The fraction of sp³-hybridized carbons (Fsp3) is 0.267. The van der Waals surface area contributed by atoms with E-state index in [1.165, 1.54) is 12.5 Å². The third-order valence-electron chi connectivity index (χ3n) is 3.11. The molecule has 2 N–H and O–H groups in total. The first-order chi connectivity index (χ1) is 8.72. The predicted molar refractivity (Wildman–Crippen MR) is 72.1 cm³/mol. The molecule has 0 aliphatic heterocycles. The van der Waals surface area contributed by atoms with Gasteiger partial charge in [0.05, 0.1) is 7.11 Å². The van der Waals surface area contributed by atoms with Crippen molar-refractivity contribution in [2.24, 2.45) is 5.73 Å². The van der Waals surface area contributed by atoms with Crippen molar-refractivity contribution in [3.8, 4) is 0 Å². The van der Waals surface area contributed by atoms with Crippen molar-refractivity contribution in [1.82, 2.24) is 0 Å². The van der Waals surface area contributed by atoms with Crippen molar-refractivity contribution in [3.63, 3.8) is 0 Å². The molecule has 0 radical (unpaired) electrons. The van der Waals surface area contributed by atoms with E-state index in [0.717, 1.165) is 10.9 Å². The number of benzene rings is 2. The molecule has 0 spiro atoms. The third-order valence-corrected chi connectivity index (χ3v) is 3.11. The Labute approximate surface area is 107 Å². The maximum Gasteiger partial charge on any atom is 0.305 e.